The van der Waals surface area contributed by atoms with Gasteiger partial charge >= 0.3 is 11.9 Å². The third kappa shape index (κ3) is 5.55. The average Bonchev–Trinajstić information content (AvgIpc) is 3.42. The van der Waals surface area contributed by atoms with Gasteiger partial charge in [-0.05, 0) is 47.7 Å². The molecule has 1 aromatic heterocycles. The predicted octanol–water partition coefficient (Wildman–Crippen LogP) is 4.78. The molecule has 3 aromatic rings. The number of ether oxygens (including phenoxy) is 2. The van der Waals surface area contributed by atoms with Crippen LogP contribution in [0.2, 0.25) is 0 Å². The Hall–Kier alpha value is -3.77. The second-order valence-corrected chi connectivity index (χ2v) is 9.45. The number of hydrogen-bond acceptors (Lipinski definition) is 6. The molecule has 0 amide bonds. The van der Waals surface area contributed by atoms with Gasteiger partial charge in [-0.25, -0.2) is 4.79 Å². The SMILES string of the molecule is O=C1C[C@@H]2[C@@H](/C=C/[C@@H](O)CCc3cccnc3)[C@H](OC(=O)c3ccc(-c4ccccc4)cc3)C[C@@H]2O1. The maximum absolute atomic E-state index is 13.0. The highest BCUT2D eigenvalue weighted by atomic mass is 16.6. The summed E-state index contributed by atoms with van der Waals surface area (Å²) in [5, 5.41) is 10.5. The summed E-state index contributed by atoms with van der Waals surface area (Å²) in [6, 6.07) is 21.2. The quantitative estimate of drug-likeness (QED) is 0.367. The summed E-state index contributed by atoms with van der Waals surface area (Å²) in [6.45, 7) is 0. The standard InChI is InChI=1S/C30H29NO5/c32-24(13-8-20-5-4-16-31-19-20)14-15-25-26-17-29(33)35-28(26)18-27(25)36-30(34)23-11-9-22(10-12-23)21-6-2-1-3-7-21/h1-7,9-12,14-16,19,24-28,32H,8,13,17-18H2/b15-14+/t24-,25+,26+,27+,28-/m0/s1. The lowest BCUT2D eigenvalue weighted by Crippen LogP contribution is -2.25. The first-order chi connectivity index (χ1) is 17.6. The van der Waals surface area contributed by atoms with Gasteiger partial charge in [0.25, 0.3) is 0 Å². The van der Waals surface area contributed by atoms with Crippen LogP contribution in [0.3, 0.4) is 0 Å². The molecule has 0 spiro atoms. The van der Waals surface area contributed by atoms with Crippen LogP contribution in [0.15, 0.2) is 91.3 Å². The van der Waals surface area contributed by atoms with E-state index in [2.05, 4.69) is 4.98 Å². The first-order valence-corrected chi connectivity index (χ1v) is 12.4. The van der Waals surface area contributed by atoms with Gasteiger partial charge in [-0.1, -0.05) is 60.7 Å². The summed E-state index contributed by atoms with van der Waals surface area (Å²) in [4.78, 5) is 29.0. The minimum absolute atomic E-state index is 0.0578. The summed E-state index contributed by atoms with van der Waals surface area (Å²) in [5.74, 6) is -0.872. The number of aliphatic hydroxyl groups excluding tert-OH is 1. The number of hydrogen-bond donors (Lipinski definition) is 1. The number of esters is 2. The Kier molecular flexibility index (Phi) is 7.23. The molecule has 0 unspecified atom stereocenters. The first kappa shape index (κ1) is 23.9. The van der Waals surface area contributed by atoms with Crippen molar-refractivity contribution >= 4 is 11.9 Å². The summed E-state index contributed by atoms with van der Waals surface area (Å²) in [5.41, 5.74) is 3.64. The van der Waals surface area contributed by atoms with Crippen LogP contribution in [0.4, 0.5) is 0 Å². The molecule has 2 fully saturated rings. The van der Waals surface area contributed by atoms with E-state index in [-0.39, 0.29) is 23.9 Å². The van der Waals surface area contributed by atoms with Crippen LogP contribution in [0.1, 0.15) is 35.2 Å². The lowest BCUT2D eigenvalue weighted by atomic mass is 9.91. The molecule has 2 heterocycles. The number of aromatic nitrogens is 1. The molecule has 1 saturated heterocycles. The van der Waals surface area contributed by atoms with Crippen molar-refractivity contribution in [3.63, 3.8) is 0 Å². The van der Waals surface area contributed by atoms with Gasteiger partial charge in [0, 0.05) is 30.7 Å². The third-order valence-electron chi connectivity index (χ3n) is 7.04. The summed E-state index contributed by atoms with van der Waals surface area (Å²) >= 11 is 0. The van der Waals surface area contributed by atoms with Gasteiger partial charge in [-0.2, -0.15) is 0 Å². The van der Waals surface area contributed by atoms with Crippen LogP contribution in [-0.2, 0) is 20.7 Å². The van der Waals surface area contributed by atoms with Crippen molar-refractivity contribution < 1.29 is 24.2 Å². The van der Waals surface area contributed by atoms with Crippen LogP contribution < -0.4 is 0 Å². The molecule has 0 radical (unpaired) electrons. The maximum atomic E-state index is 13.0. The van der Waals surface area contributed by atoms with Gasteiger partial charge in [0.1, 0.15) is 12.2 Å². The second kappa shape index (κ2) is 10.9. The van der Waals surface area contributed by atoms with Crippen molar-refractivity contribution in [2.24, 2.45) is 11.8 Å². The summed E-state index contributed by atoms with van der Waals surface area (Å²) < 4.78 is 11.4. The van der Waals surface area contributed by atoms with Crippen LogP contribution in [0.25, 0.3) is 11.1 Å². The molecule has 5 rings (SSSR count). The van der Waals surface area contributed by atoms with Gasteiger partial charge in [0.2, 0.25) is 0 Å². The molecule has 1 saturated carbocycles. The Morgan fingerprint density at radius 1 is 1.08 bits per heavy atom. The number of fused-ring (bicyclic) bond motifs is 1. The molecule has 1 aliphatic carbocycles. The summed E-state index contributed by atoms with van der Waals surface area (Å²) in [6.07, 6.45) is 7.85. The Morgan fingerprint density at radius 2 is 1.86 bits per heavy atom. The second-order valence-electron chi connectivity index (χ2n) is 9.45. The Labute approximate surface area is 210 Å². The van der Waals surface area contributed by atoms with Gasteiger partial charge in [0.05, 0.1) is 18.1 Å². The fourth-order valence-electron chi connectivity index (χ4n) is 5.14. The van der Waals surface area contributed by atoms with Crippen molar-refractivity contribution in [1.82, 2.24) is 4.98 Å². The van der Waals surface area contributed by atoms with Crippen molar-refractivity contribution in [2.75, 3.05) is 0 Å². The van der Waals surface area contributed by atoms with E-state index < -0.39 is 18.2 Å². The number of rotatable bonds is 8. The van der Waals surface area contributed by atoms with E-state index in [1.54, 1.807) is 30.6 Å². The van der Waals surface area contributed by atoms with Crippen LogP contribution >= 0.6 is 0 Å². The van der Waals surface area contributed by atoms with Crippen molar-refractivity contribution in [3.8, 4) is 11.1 Å². The number of pyridine rings is 1. The number of nitrogens with zero attached hydrogens (tertiary/aromatic N) is 1. The van der Waals surface area contributed by atoms with E-state index in [0.717, 1.165) is 16.7 Å². The van der Waals surface area contributed by atoms with Crippen molar-refractivity contribution in [2.45, 2.75) is 44.0 Å². The van der Waals surface area contributed by atoms with Crippen LogP contribution in [-0.4, -0.2) is 40.3 Å². The van der Waals surface area contributed by atoms with E-state index >= 15 is 0 Å². The van der Waals surface area contributed by atoms with E-state index in [0.29, 0.717) is 31.2 Å². The van der Waals surface area contributed by atoms with Gasteiger partial charge < -0.3 is 14.6 Å². The van der Waals surface area contributed by atoms with Crippen molar-refractivity contribution in [3.05, 3.63) is 102 Å². The molecule has 1 N–H and O–H groups in total. The summed E-state index contributed by atoms with van der Waals surface area (Å²) in [7, 11) is 0. The van der Waals surface area contributed by atoms with E-state index in [1.165, 1.54) is 0 Å². The highest BCUT2D eigenvalue weighted by Gasteiger charge is 2.50. The van der Waals surface area contributed by atoms with Crippen LogP contribution in [0.5, 0.6) is 0 Å². The Balaban J connectivity index is 1.24. The third-order valence-corrected chi connectivity index (χ3v) is 7.04. The molecule has 6 nitrogen and oxygen atoms in total. The molecule has 2 aliphatic rings. The Bertz CT molecular complexity index is 1210. The highest BCUT2D eigenvalue weighted by molar-refractivity contribution is 5.90. The molecular weight excluding hydrogens is 454 g/mol. The van der Waals surface area contributed by atoms with E-state index in [4.69, 9.17) is 9.47 Å². The van der Waals surface area contributed by atoms with Gasteiger partial charge in [-0.3, -0.25) is 9.78 Å². The molecule has 0 bridgehead atoms. The van der Waals surface area contributed by atoms with Gasteiger partial charge in [0.15, 0.2) is 0 Å². The number of carbonyl (C=O) groups excluding carboxylic acids is 2. The predicted molar refractivity (Wildman–Crippen MR) is 135 cm³/mol. The average molecular weight is 484 g/mol. The zero-order chi connectivity index (χ0) is 24.9. The smallest absolute Gasteiger partial charge is 0.338 e. The monoisotopic (exact) mass is 483 g/mol. The van der Waals surface area contributed by atoms with Crippen LogP contribution in [0, 0.1) is 11.8 Å². The number of aryl methyl sites for hydroxylation is 1. The first-order valence-electron chi connectivity index (χ1n) is 12.4. The Morgan fingerprint density at radius 3 is 2.61 bits per heavy atom. The molecule has 36 heavy (non-hydrogen) atoms. The lowest BCUT2D eigenvalue weighted by molar-refractivity contribution is -0.141. The largest absolute Gasteiger partial charge is 0.462 e. The zero-order valence-electron chi connectivity index (χ0n) is 19.9. The minimum Gasteiger partial charge on any atom is -0.462 e. The molecule has 6 heteroatoms. The molecular formula is C30H29NO5. The fraction of sp³-hybridized carbons (Fsp3) is 0.300. The normalized spacial score (nSPS) is 23.9. The molecule has 1 aliphatic heterocycles. The topological polar surface area (TPSA) is 85.7 Å². The highest BCUT2D eigenvalue weighted by Crippen LogP contribution is 2.43. The number of benzene rings is 2. The van der Waals surface area contributed by atoms with Crippen molar-refractivity contribution in [1.29, 1.82) is 0 Å². The fourth-order valence-corrected chi connectivity index (χ4v) is 5.14. The number of carbonyl (C=O) groups is 2. The minimum atomic E-state index is -0.649. The number of aliphatic hydroxyl groups is 1. The van der Waals surface area contributed by atoms with E-state index in [1.807, 2.05) is 60.7 Å². The van der Waals surface area contributed by atoms with E-state index in [9.17, 15) is 14.7 Å². The molecule has 2 aromatic carbocycles. The van der Waals surface area contributed by atoms with Gasteiger partial charge in [-0.15, -0.1) is 0 Å². The molecule has 5 atom stereocenters. The maximum Gasteiger partial charge on any atom is 0.338 e. The molecule has 184 valence electrons. The lowest BCUT2D eigenvalue weighted by Gasteiger charge is -2.20. The zero-order valence-corrected chi connectivity index (χ0v) is 19.9.